The van der Waals surface area contributed by atoms with Crippen LogP contribution in [0.15, 0.2) is 99.9 Å². The molecule has 0 saturated carbocycles. The van der Waals surface area contributed by atoms with E-state index >= 15 is 0 Å². The molecule has 4 aliphatic rings. The molecular weight excluding hydrogens is 1290 g/mol. The van der Waals surface area contributed by atoms with Gasteiger partial charge in [0.25, 0.3) is 5.56 Å². The number of hydrogen-bond acceptors (Lipinski definition) is 19. The number of amides is 7. The van der Waals surface area contributed by atoms with Gasteiger partial charge >= 0.3 is 17.9 Å². The van der Waals surface area contributed by atoms with Crippen molar-refractivity contribution in [2.24, 2.45) is 27.5 Å². The van der Waals surface area contributed by atoms with Gasteiger partial charge in [0.15, 0.2) is 5.96 Å². The number of halogens is 1. The van der Waals surface area contributed by atoms with Crippen LogP contribution in [0.4, 0.5) is 0 Å². The lowest BCUT2D eigenvalue weighted by Gasteiger charge is -2.37. The van der Waals surface area contributed by atoms with Crippen LogP contribution in [0.2, 0.25) is 0 Å². The maximum atomic E-state index is 14.6. The molecule has 6 atom stereocenters. The van der Waals surface area contributed by atoms with Gasteiger partial charge in [0, 0.05) is 80.5 Å². The summed E-state index contributed by atoms with van der Waals surface area (Å²) in [6, 6.07) is 17.1. The monoisotopic (exact) mass is 1370 g/mol. The minimum atomic E-state index is -2.10. The number of carboxylic acid groups (broad SMARTS) is 1. The summed E-state index contributed by atoms with van der Waals surface area (Å²) in [4.78, 5) is 168. The number of ether oxygens (including phenoxy) is 3. The molecule has 2 saturated heterocycles. The van der Waals surface area contributed by atoms with E-state index in [9.17, 15) is 57.8 Å². The number of nitrogens with zero attached hydrogens (tertiary/aromatic N) is 5. The number of aliphatic imine (C=N–C) groups is 1. The Bertz CT molecular complexity index is 3920. The first kappa shape index (κ1) is 73.5. The number of carbonyl (C=O) groups is 10. The number of oxime groups is 1. The molecule has 9 rings (SSSR count). The molecule has 2 fully saturated rings. The molecular formula is C67H81ClN14O16. The van der Waals surface area contributed by atoms with Crippen LogP contribution in [-0.4, -0.2) is 174 Å². The third-order valence-corrected chi connectivity index (χ3v) is 17.1. The summed E-state index contributed by atoms with van der Waals surface area (Å²) in [5.41, 5.74) is 13.2. The molecule has 12 N–H and O–H groups in total. The third-order valence-electron chi connectivity index (χ3n) is 17.1. The van der Waals surface area contributed by atoms with Crippen LogP contribution in [0.25, 0.3) is 22.3 Å². The van der Waals surface area contributed by atoms with E-state index in [2.05, 4.69) is 52.3 Å². The summed E-state index contributed by atoms with van der Waals surface area (Å²) < 4.78 is 18.8. The number of nitrogens with two attached hydrogens (primary N) is 2. The average molecular weight is 1370 g/mol. The van der Waals surface area contributed by atoms with Crippen LogP contribution in [-0.2, 0) is 105 Å². The quantitative estimate of drug-likeness (QED) is 0.0122. The van der Waals surface area contributed by atoms with Crippen LogP contribution in [0.3, 0.4) is 0 Å². The smallest absolute Gasteiger partial charge is 0.355 e. The van der Waals surface area contributed by atoms with Gasteiger partial charge in [-0.25, -0.2) is 14.6 Å². The molecule has 6 heterocycles. The Kier molecular flexibility index (Phi) is 25.5. The normalized spacial score (nSPS) is 20.0. The summed E-state index contributed by atoms with van der Waals surface area (Å²) in [5.74, 6) is -9.73. The first-order chi connectivity index (χ1) is 46.6. The zero-order chi connectivity index (χ0) is 69.3. The molecule has 5 aromatic rings. The van der Waals surface area contributed by atoms with Crippen LogP contribution >= 0.6 is 12.4 Å². The molecule has 0 spiro atoms. The Morgan fingerprint density at radius 1 is 0.806 bits per heavy atom. The lowest BCUT2D eigenvalue weighted by Crippen LogP contribution is -2.58. The fourth-order valence-corrected chi connectivity index (χ4v) is 11.8. The van der Waals surface area contributed by atoms with Gasteiger partial charge in [-0.3, -0.25) is 53.0 Å². The minimum absolute atomic E-state index is 0. The molecule has 3 aromatic carbocycles. The second kappa shape index (κ2) is 34.1. The summed E-state index contributed by atoms with van der Waals surface area (Å²) in [6.07, 6.45) is -0.190. The topological polar surface area (TPSA) is 427 Å². The Labute approximate surface area is 569 Å². The van der Waals surface area contributed by atoms with Gasteiger partial charge in [-0.15, -0.1) is 12.4 Å². The van der Waals surface area contributed by atoms with Crippen molar-refractivity contribution < 1.29 is 72.1 Å². The van der Waals surface area contributed by atoms with E-state index in [-0.39, 0.29) is 101 Å². The number of carbonyl (C=O) groups excluding carboxylic acids is 9. The molecule has 0 unspecified atom stereocenters. The first-order valence-electron chi connectivity index (χ1n) is 32.1. The standard InChI is InChI=1S/C67H80N14O16.ClH/c1-4-67(46-31-52-58-44(36-81(52)63(91)45(46)37-95-65(67)93)43(42-13-8-9-14-47(42)75-58)34-73-96-28-25-80-23-26-94-27-24-80)97-64(92)57(38(2)3)79-54(83)21-20-53(82)71-33-41-18-16-40(17-19-41)30-50-61(89)77-49(29-39-11-6-5-7-12-39)62(90)78-51(32-56(85)86)59(87)72-35-55(84)74-48(60(88)76-50)15-10-22-70-66(68)69;/h5-9,11-14,16-19,31,34,38,48-51,57H,4,10,15,20-30,32-33,35-37H2,1-3H3,(H,71,82)(H,72,87)(H,74,84)(H,76,88)(H,77,89)(H,78,90)(H,79,83)(H,85,86)(H4,68,69,70);1H/b73-34+;/t48-,49+,50-,51-,57-,67-;/m0./s1. The van der Waals surface area contributed by atoms with Crippen molar-refractivity contribution in [3.63, 3.8) is 0 Å². The zero-order valence-electron chi connectivity index (χ0n) is 54.4. The fraction of sp³-hybridized carbons (Fsp3) is 0.433. The van der Waals surface area contributed by atoms with E-state index in [0.717, 1.165) is 18.5 Å². The number of aliphatic carboxylic acids is 1. The number of cyclic esters (lactones) is 1. The van der Waals surface area contributed by atoms with E-state index in [1.54, 1.807) is 92.2 Å². The molecule has 4 aliphatic heterocycles. The number of fused-ring (bicyclic) bond motifs is 5. The number of nitrogens with one attached hydrogen (secondary N) is 7. The number of aromatic nitrogens is 2. The lowest BCUT2D eigenvalue weighted by molar-refractivity contribution is -0.191. The average Bonchev–Trinajstić information content (AvgIpc) is 1.45. The van der Waals surface area contributed by atoms with Crippen LogP contribution < -0.4 is 54.2 Å². The van der Waals surface area contributed by atoms with E-state index in [1.807, 2.05) is 24.3 Å². The lowest BCUT2D eigenvalue weighted by atomic mass is 9.85. The van der Waals surface area contributed by atoms with Crippen molar-refractivity contribution >= 4 is 94.7 Å². The maximum absolute atomic E-state index is 14.6. The minimum Gasteiger partial charge on any atom is -0.481 e. The molecule has 0 radical (unpaired) electrons. The molecule has 30 nitrogen and oxygen atoms in total. The van der Waals surface area contributed by atoms with Gasteiger partial charge < -0.3 is 77.4 Å². The second-order valence-electron chi connectivity index (χ2n) is 24.2. The van der Waals surface area contributed by atoms with Crippen molar-refractivity contribution in [3.8, 4) is 11.4 Å². The van der Waals surface area contributed by atoms with Gasteiger partial charge in [0.05, 0.1) is 61.4 Å². The third kappa shape index (κ3) is 18.6. The van der Waals surface area contributed by atoms with E-state index < -0.39 is 120 Å². The van der Waals surface area contributed by atoms with Crippen molar-refractivity contribution in [3.05, 3.63) is 134 Å². The van der Waals surface area contributed by atoms with Gasteiger partial charge in [0.1, 0.15) is 43.4 Å². The van der Waals surface area contributed by atoms with Gasteiger partial charge in [-0.2, -0.15) is 0 Å². The Hall–Kier alpha value is -10.3. The number of carboxylic acids is 1. The predicted octanol–water partition coefficient (Wildman–Crippen LogP) is 0.355. The number of esters is 2. The van der Waals surface area contributed by atoms with Gasteiger partial charge in [-0.1, -0.05) is 98.7 Å². The predicted molar refractivity (Wildman–Crippen MR) is 357 cm³/mol. The van der Waals surface area contributed by atoms with Gasteiger partial charge in [0.2, 0.25) is 47.0 Å². The van der Waals surface area contributed by atoms with Crippen molar-refractivity contribution in [2.75, 3.05) is 52.5 Å². The van der Waals surface area contributed by atoms with E-state index in [1.165, 1.54) is 0 Å². The molecule has 31 heteroatoms. The number of guanidine groups is 1. The van der Waals surface area contributed by atoms with Crippen molar-refractivity contribution in [1.29, 1.82) is 0 Å². The highest BCUT2D eigenvalue weighted by molar-refractivity contribution is 6.03. The largest absolute Gasteiger partial charge is 0.481 e. The van der Waals surface area contributed by atoms with E-state index in [0.29, 0.717) is 71.1 Å². The number of benzene rings is 3. The SMILES string of the molecule is CC[C@@]1(OC(=O)[C@@H](NC(=O)CCC(=O)NCc2ccc(C[C@@H]3NC(=O)[C@H](CCCN=C(N)N)NC(=O)CNC(=O)[C@H](CC(=O)O)NC(=O)[C@@H](Cc4ccccc4)NC3=O)cc2)C(C)C)C(=O)OCc2c1cc1n(c2=O)Cc2c-1nc1ccccc1c2/C=N/OCCN1CCOCC1.Cl. The van der Waals surface area contributed by atoms with Crippen LogP contribution in [0.1, 0.15) is 98.2 Å². The fourth-order valence-electron chi connectivity index (χ4n) is 11.8. The second-order valence-corrected chi connectivity index (χ2v) is 24.2. The zero-order valence-corrected chi connectivity index (χ0v) is 55.2. The van der Waals surface area contributed by atoms with Crippen LogP contribution in [0, 0.1) is 5.92 Å². The number of morpholine rings is 1. The first-order valence-corrected chi connectivity index (χ1v) is 32.1. The summed E-state index contributed by atoms with van der Waals surface area (Å²) in [6.45, 7) is 7.96. The highest BCUT2D eigenvalue weighted by Gasteiger charge is 2.52. The molecule has 98 heavy (non-hydrogen) atoms. The molecule has 522 valence electrons. The van der Waals surface area contributed by atoms with Crippen molar-refractivity contribution in [2.45, 2.75) is 128 Å². The maximum Gasteiger partial charge on any atom is 0.355 e. The summed E-state index contributed by atoms with van der Waals surface area (Å²) in [7, 11) is 0. The van der Waals surface area contributed by atoms with E-state index in [4.69, 9.17) is 35.5 Å². The number of pyridine rings is 2. The molecule has 2 aromatic heterocycles. The number of para-hydroxylation sites is 1. The summed E-state index contributed by atoms with van der Waals surface area (Å²) >= 11 is 0. The van der Waals surface area contributed by atoms with Crippen molar-refractivity contribution in [1.82, 2.24) is 51.7 Å². The summed E-state index contributed by atoms with van der Waals surface area (Å²) in [5, 5.41) is 32.8. The van der Waals surface area contributed by atoms with Crippen LogP contribution in [0.5, 0.6) is 0 Å². The highest BCUT2D eigenvalue weighted by Crippen LogP contribution is 2.42. The van der Waals surface area contributed by atoms with Gasteiger partial charge in [-0.05, 0) is 54.0 Å². The Morgan fingerprint density at radius 3 is 2.12 bits per heavy atom. The Morgan fingerprint density at radius 2 is 1.45 bits per heavy atom. The molecule has 0 aliphatic carbocycles. The molecule has 0 bridgehead atoms. The molecule has 7 amide bonds. The highest BCUT2D eigenvalue weighted by atomic mass is 35.5. The Balaban J connectivity index is 0.0000122. The number of hydrogen-bond donors (Lipinski definition) is 10. The number of rotatable bonds is 25.